The number of aromatic nitrogens is 1. The fourth-order valence-corrected chi connectivity index (χ4v) is 4.19. The van der Waals surface area contributed by atoms with Gasteiger partial charge in [-0.3, -0.25) is 14.4 Å². The predicted octanol–water partition coefficient (Wildman–Crippen LogP) is 2.68. The number of amides is 2. The Bertz CT molecular complexity index is 911. The van der Waals surface area contributed by atoms with Crippen molar-refractivity contribution < 1.29 is 14.4 Å². The average Bonchev–Trinajstić information content (AvgIpc) is 3.17. The number of likely N-dealkylation sites (tertiary alicyclic amines) is 1. The van der Waals surface area contributed by atoms with Gasteiger partial charge in [-0.1, -0.05) is 32.0 Å². The quantitative estimate of drug-likeness (QED) is 0.360. The minimum absolute atomic E-state index is 0.0558. The molecule has 2 heterocycles. The van der Waals surface area contributed by atoms with Crippen LogP contribution in [0.15, 0.2) is 30.5 Å². The molecule has 0 bridgehead atoms. The Morgan fingerprint density at radius 1 is 1.03 bits per heavy atom. The molecule has 1 aliphatic rings. The van der Waals surface area contributed by atoms with E-state index in [9.17, 15) is 14.4 Å². The summed E-state index contributed by atoms with van der Waals surface area (Å²) >= 11 is 0. The molecule has 3 rings (SSSR count). The van der Waals surface area contributed by atoms with Gasteiger partial charge in [0.1, 0.15) is 6.54 Å². The number of rotatable bonds is 10. The van der Waals surface area contributed by atoms with E-state index in [-0.39, 0.29) is 12.5 Å². The van der Waals surface area contributed by atoms with Crippen molar-refractivity contribution in [2.24, 2.45) is 0 Å². The normalized spacial score (nSPS) is 14.2. The number of nitrogens with one attached hydrogen (secondary N) is 1. The van der Waals surface area contributed by atoms with Gasteiger partial charge in [0.25, 0.3) is 11.7 Å². The van der Waals surface area contributed by atoms with Crippen LogP contribution in [0.1, 0.15) is 49.9 Å². The Hall–Kier alpha value is -2.67. The van der Waals surface area contributed by atoms with Gasteiger partial charge in [0.2, 0.25) is 5.91 Å². The van der Waals surface area contributed by atoms with Crippen molar-refractivity contribution >= 4 is 28.5 Å². The lowest BCUT2D eigenvalue weighted by molar-refractivity contribution is -0.132. The highest BCUT2D eigenvalue weighted by Gasteiger charge is 2.23. The van der Waals surface area contributed by atoms with Gasteiger partial charge >= 0.3 is 0 Å². The fourth-order valence-electron chi connectivity index (χ4n) is 4.19. The van der Waals surface area contributed by atoms with Gasteiger partial charge in [0, 0.05) is 36.7 Å². The van der Waals surface area contributed by atoms with Crippen LogP contribution in [-0.4, -0.2) is 71.2 Å². The second kappa shape index (κ2) is 11.1. The second-order valence-corrected chi connectivity index (χ2v) is 8.09. The number of Topliss-reactive ketones (excluding diaryl/α,β-unsaturated/α-hetero) is 1. The maximum absolute atomic E-state index is 12.9. The van der Waals surface area contributed by atoms with Crippen LogP contribution in [0, 0.1) is 0 Å². The van der Waals surface area contributed by atoms with E-state index in [4.69, 9.17) is 0 Å². The molecule has 7 heteroatoms. The Morgan fingerprint density at radius 3 is 2.45 bits per heavy atom. The molecule has 1 aliphatic heterocycles. The number of nitrogens with zero attached hydrogens (tertiary/aromatic N) is 3. The summed E-state index contributed by atoms with van der Waals surface area (Å²) in [7, 11) is 0. The van der Waals surface area contributed by atoms with E-state index < -0.39 is 11.7 Å². The molecule has 1 N–H and O–H groups in total. The summed E-state index contributed by atoms with van der Waals surface area (Å²) in [6, 6.07) is 7.44. The summed E-state index contributed by atoms with van der Waals surface area (Å²) in [5.74, 6) is -1.09. The van der Waals surface area contributed by atoms with Gasteiger partial charge < -0.3 is 19.7 Å². The number of hydrogen-bond donors (Lipinski definition) is 1. The summed E-state index contributed by atoms with van der Waals surface area (Å²) in [6.45, 7) is 9.28. The molecule has 0 atom stereocenters. The van der Waals surface area contributed by atoms with Crippen LogP contribution >= 0.6 is 0 Å². The number of benzene rings is 1. The molecule has 2 aromatic rings. The van der Waals surface area contributed by atoms with Gasteiger partial charge in [-0.25, -0.2) is 0 Å². The van der Waals surface area contributed by atoms with Crippen LogP contribution in [-0.2, 0) is 16.1 Å². The average molecular weight is 427 g/mol. The minimum Gasteiger partial charge on any atom is -0.349 e. The van der Waals surface area contributed by atoms with Crippen molar-refractivity contribution in [3.05, 3.63) is 36.0 Å². The van der Waals surface area contributed by atoms with Crippen molar-refractivity contribution in [1.82, 2.24) is 19.7 Å². The Balaban J connectivity index is 1.68. The standard InChI is InChI=1S/C24H34N4O3/c1-3-26(4-2)14-10-13-25-24(31)23(30)20-17-28(21-12-7-6-11-19(20)21)18-22(29)27-15-8-5-9-16-27/h6-7,11-12,17H,3-5,8-10,13-16,18H2,1-2H3,(H,25,31). The molecular formula is C24H34N4O3. The summed E-state index contributed by atoms with van der Waals surface area (Å²) < 4.78 is 1.80. The highest BCUT2D eigenvalue weighted by molar-refractivity contribution is 6.45. The molecule has 0 aliphatic carbocycles. The highest BCUT2D eigenvalue weighted by atomic mass is 16.2. The lowest BCUT2D eigenvalue weighted by atomic mass is 10.1. The van der Waals surface area contributed by atoms with Gasteiger partial charge in [0.05, 0.1) is 5.56 Å². The maximum Gasteiger partial charge on any atom is 0.292 e. The SMILES string of the molecule is CCN(CC)CCCNC(=O)C(=O)c1cn(CC(=O)N2CCCCC2)c2ccccc12. The lowest BCUT2D eigenvalue weighted by Gasteiger charge is -2.27. The van der Waals surface area contributed by atoms with Crippen molar-refractivity contribution in [1.29, 1.82) is 0 Å². The summed E-state index contributed by atoms with van der Waals surface area (Å²) in [4.78, 5) is 42.3. The summed E-state index contributed by atoms with van der Waals surface area (Å²) in [5.41, 5.74) is 1.15. The lowest BCUT2D eigenvalue weighted by Crippen LogP contribution is -2.37. The zero-order valence-corrected chi connectivity index (χ0v) is 18.7. The van der Waals surface area contributed by atoms with Gasteiger partial charge in [0.15, 0.2) is 0 Å². The first-order valence-electron chi connectivity index (χ1n) is 11.5. The maximum atomic E-state index is 12.9. The third-order valence-electron chi connectivity index (χ3n) is 6.08. The van der Waals surface area contributed by atoms with E-state index in [0.717, 1.165) is 57.5 Å². The Labute approximate surface area is 184 Å². The predicted molar refractivity (Wildman–Crippen MR) is 122 cm³/mol. The molecular weight excluding hydrogens is 392 g/mol. The molecule has 1 saturated heterocycles. The molecule has 1 aromatic heterocycles. The van der Waals surface area contributed by atoms with Gasteiger partial charge in [-0.15, -0.1) is 0 Å². The number of ketones is 1. The first kappa shape index (κ1) is 23.0. The molecule has 31 heavy (non-hydrogen) atoms. The van der Waals surface area contributed by atoms with Crippen molar-refractivity contribution in [3.63, 3.8) is 0 Å². The Morgan fingerprint density at radius 2 is 1.74 bits per heavy atom. The molecule has 7 nitrogen and oxygen atoms in total. The summed E-state index contributed by atoms with van der Waals surface area (Å²) in [5, 5.41) is 3.46. The van der Waals surface area contributed by atoms with Crippen LogP contribution in [0.25, 0.3) is 10.9 Å². The van der Waals surface area contributed by atoms with Crippen LogP contribution in [0.4, 0.5) is 0 Å². The molecule has 0 spiro atoms. The molecule has 168 valence electrons. The van der Waals surface area contributed by atoms with Crippen molar-refractivity contribution in [2.75, 3.05) is 39.3 Å². The third kappa shape index (κ3) is 5.73. The zero-order valence-electron chi connectivity index (χ0n) is 18.7. The fraction of sp³-hybridized carbons (Fsp3) is 0.542. The highest BCUT2D eigenvalue weighted by Crippen LogP contribution is 2.22. The minimum atomic E-state index is -0.593. The molecule has 0 saturated carbocycles. The third-order valence-corrected chi connectivity index (χ3v) is 6.08. The van der Waals surface area contributed by atoms with Crippen molar-refractivity contribution in [2.45, 2.75) is 46.1 Å². The van der Waals surface area contributed by atoms with E-state index in [0.29, 0.717) is 17.5 Å². The molecule has 0 unspecified atom stereocenters. The number of para-hydroxylation sites is 1. The van der Waals surface area contributed by atoms with Crippen LogP contribution in [0.5, 0.6) is 0 Å². The second-order valence-electron chi connectivity index (χ2n) is 8.09. The smallest absolute Gasteiger partial charge is 0.292 e. The van der Waals surface area contributed by atoms with E-state index >= 15 is 0 Å². The van der Waals surface area contributed by atoms with E-state index in [1.54, 1.807) is 10.8 Å². The molecule has 0 radical (unpaired) electrons. The number of carbonyl (C=O) groups excluding carboxylic acids is 3. The number of carbonyl (C=O) groups is 3. The van der Waals surface area contributed by atoms with E-state index in [2.05, 4.69) is 24.1 Å². The van der Waals surface area contributed by atoms with Crippen LogP contribution in [0.3, 0.4) is 0 Å². The topological polar surface area (TPSA) is 74.6 Å². The zero-order chi connectivity index (χ0) is 22.2. The van der Waals surface area contributed by atoms with E-state index in [1.807, 2.05) is 29.2 Å². The van der Waals surface area contributed by atoms with Crippen LogP contribution < -0.4 is 5.32 Å². The van der Waals surface area contributed by atoms with Crippen LogP contribution in [0.2, 0.25) is 0 Å². The summed E-state index contributed by atoms with van der Waals surface area (Å²) in [6.07, 6.45) is 5.70. The molecule has 1 aromatic carbocycles. The van der Waals surface area contributed by atoms with Gasteiger partial charge in [-0.05, 0) is 51.4 Å². The molecule has 2 amide bonds. The number of fused-ring (bicyclic) bond motifs is 1. The van der Waals surface area contributed by atoms with Crippen molar-refractivity contribution in [3.8, 4) is 0 Å². The monoisotopic (exact) mass is 426 g/mol. The molecule has 1 fully saturated rings. The number of piperidine rings is 1. The van der Waals surface area contributed by atoms with E-state index in [1.165, 1.54) is 6.42 Å². The Kier molecular flexibility index (Phi) is 8.23. The largest absolute Gasteiger partial charge is 0.349 e. The first-order valence-corrected chi connectivity index (χ1v) is 11.5. The first-order chi connectivity index (χ1) is 15.0. The van der Waals surface area contributed by atoms with Gasteiger partial charge in [-0.2, -0.15) is 0 Å². The number of hydrogen-bond acceptors (Lipinski definition) is 4.